The zero-order valence-corrected chi connectivity index (χ0v) is 29.7. The van der Waals surface area contributed by atoms with Gasteiger partial charge >= 0.3 is 0 Å². The minimum atomic E-state index is 0.335. The first-order chi connectivity index (χ1) is 25.6. The molecule has 0 radical (unpaired) electrons. The minimum absolute atomic E-state index is 0.335. The summed E-state index contributed by atoms with van der Waals surface area (Å²) in [6.45, 7) is 4.74. The van der Waals surface area contributed by atoms with Crippen LogP contribution in [0.25, 0.3) is 27.8 Å². The summed E-state index contributed by atoms with van der Waals surface area (Å²) in [4.78, 5) is 4.90. The molecule has 0 saturated carbocycles. The van der Waals surface area contributed by atoms with Gasteiger partial charge in [0.25, 0.3) is 0 Å². The SMILES string of the molecule is CC1C=CC2=C(C1)N(c1ccccc1)C1=CC=C(c3ccc(N(c4ccc(-c5ccccc5)cc4)c4ccc(-c5ccccc5)cc4)cc3)C(C)C12. The van der Waals surface area contributed by atoms with Gasteiger partial charge in [0, 0.05) is 40.1 Å². The Morgan fingerprint density at radius 2 is 0.962 bits per heavy atom. The molecule has 0 spiro atoms. The summed E-state index contributed by atoms with van der Waals surface area (Å²) in [5.74, 6) is 1.21. The Labute approximate surface area is 308 Å². The van der Waals surface area contributed by atoms with E-state index in [1.807, 2.05) is 0 Å². The van der Waals surface area contributed by atoms with E-state index in [2.05, 4.69) is 212 Å². The van der Waals surface area contributed by atoms with E-state index in [1.54, 1.807) is 0 Å². The molecule has 3 aliphatic rings. The maximum absolute atomic E-state index is 2.54. The van der Waals surface area contributed by atoms with Gasteiger partial charge in [-0.05, 0) is 112 Å². The molecule has 2 aliphatic carbocycles. The molecule has 3 unspecified atom stereocenters. The van der Waals surface area contributed by atoms with E-state index in [1.165, 1.54) is 56.0 Å². The molecule has 0 saturated heterocycles. The Bertz CT molecular complexity index is 2230. The summed E-state index contributed by atoms with van der Waals surface area (Å²) in [7, 11) is 0. The Morgan fingerprint density at radius 3 is 1.48 bits per heavy atom. The summed E-state index contributed by atoms with van der Waals surface area (Å²) in [5, 5.41) is 0. The molecule has 9 rings (SSSR count). The van der Waals surface area contributed by atoms with Gasteiger partial charge in [-0.15, -0.1) is 0 Å². The Morgan fingerprint density at radius 1 is 0.500 bits per heavy atom. The summed E-state index contributed by atoms with van der Waals surface area (Å²) in [5.41, 5.74) is 16.5. The van der Waals surface area contributed by atoms with Gasteiger partial charge in [0.15, 0.2) is 0 Å². The molecule has 1 aliphatic heterocycles. The molecule has 0 N–H and O–H groups in total. The predicted octanol–water partition coefficient (Wildman–Crippen LogP) is 13.4. The van der Waals surface area contributed by atoms with Crippen molar-refractivity contribution in [2.24, 2.45) is 17.8 Å². The van der Waals surface area contributed by atoms with Crippen LogP contribution in [0.3, 0.4) is 0 Å². The topological polar surface area (TPSA) is 6.48 Å². The second kappa shape index (κ2) is 13.5. The maximum atomic E-state index is 2.54. The Balaban J connectivity index is 1.07. The van der Waals surface area contributed by atoms with Crippen LogP contribution in [-0.2, 0) is 0 Å². The van der Waals surface area contributed by atoms with Gasteiger partial charge in [0.1, 0.15) is 0 Å². The number of anilines is 4. The van der Waals surface area contributed by atoms with Gasteiger partial charge in [-0.2, -0.15) is 0 Å². The van der Waals surface area contributed by atoms with E-state index in [4.69, 9.17) is 0 Å². The van der Waals surface area contributed by atoms with Gasteiger partial charge in [-0.1, -0.05) is 147 Å². The summed E-state index contributed by atoms with van der Waals surface area (Å²) in [6, 6.07) is 59.2. The standard InChI is InChI=1S/C50H42N2/c1-35-18-31-47-49(34-35)52(42-16-10-5-11-17-42)48-33-32-46(36(2)50(47)48)41-23-29-45(30-24-41)51(43-25-19-39(20-26-43)37-12-6-3-7-13-37)44-27-21-40(22-28-44)38-14-8-4-9-15-38/h3-33,35-36,50H,34H2,1-2H3. The first-order valence-corrected chi connectivity index (χ1v) is 18.5. The lowest BCUT2D eigenvalue weighted by Crippen LogP contribution is -2.24. The lowest BCUT2D eigenvalue weighted by Gasteiger charge is -2.32. The van der Waals surface area contributed by atoms with Crippen LogP contribution in [0.15, 0.2) is 205 Å². The normalized spacial score (nSPS) is 19.1. The van der Waals surface area contributed by atoms with Crippen molar-refractivity contribution < 1.29 is 0 Å². The highest BCUT2D eigenvalue weighted by atomic mass is 15.2. The molecule has 2 heteroatoms. The average molecular weight is 671 g/mol. The smallest absolute Gasteiger partial charge is 0.0462 e. The van der Waals surface area contributed by atoms with Crippen molar-refractivity contribution in [2.45, 2.75) is 20.3 Å². The molecule has 0 amide bonds. The van der Waals surface area contributed by atoms with E-state index in [-0.39, 0.29) is 0 Å². The molecule has 3 atom stereocenters. The van der Waals surface area contributed by atoms with Gasteiger partial charge < -0.3 is 9.80 Å². The number of hydrogen-bond donors (Lipinski definition) is 0. The zero-order chi connectivity index (χ0) is 35.0. The van der Waals surface area contributed by atoms with Gasteiger partial charge in [0.2, 0.25) is 0 Å². The van der Waals surface area contributed by atoms with Crippen LogP contribution in [0.4, 0.5) is 22.7 Å². The molecular formula is C50H42N2. The van der Waals surface area contributed by atoms with Gasteiger partial charge in [0.05, 0.1) is 0 Å². The van der Waals surface area contributed by atoms with Crippen LogP contribution in [0, 0.1) is 17.8 Å². The molecule has 1 heterocycles. The number of rotatable bonds is 7. The number of hydrogen-bond acceptors (Lipinski definition) is 2. The monoisotopic (exact) mass is 670 g/mol. The van der Waals surface area contributed by atoms with Crippen LogP contribution in [0.5, 0.6) is 0 Å². The van der Waals surface area contributed by atoms with E-state index >= 15 is 0 Å². The molecular weight excluding hydrogens is 629 g/mol. The molecule has 252 valence electrons. The van der Waals surface area contributed by atoms with E-state index in [0.717, 1.165) is 23.5 Å². The fraction of sp³-hybridized carbons (Fsp3) is 0.120. The van der Waals surface area contributed by atoms with Crippen molar-refractivity contribution in [3.63, 3.8) is 0 Å². The first-order valence-electron chi connectivity index (χ1n) is 18.5. The van der Waals surface area contributed by atoms with Crippen molar-refractivity contribution in [1.29, 1.82) is 0 Å². The summed E-state index contributed by atoms with van der Waals surface area (Å²) < 4.78 is 0. The number of fused-ring (bicyclic) bond motifs is 2. The van der Waals surface area contributed by atoms with E-state index in [0.29, 0.717) is 17.8 Å². The fourth-order valence-electron chi connectivity index (χ4n) is 8.38. The highest BCUT2D eigenvalue weighted by Gasteiger charge is 2.42. The Kier molecular flexibility index (Phi) is 8.29. The molecule has 6 aromatic rings. The number of benzene rings is 6. The van der Waals surface area contributed by atoms with Crippen molar-refractivity contribution >= 4 is 28.3 Å². The van der Waals surface area contributed by atoms with Crippen molar-refractivity contribution in [2.75, 3.05) is 9.80 Å². The van der Waals surface area contributed by atoms with E-state index < -0.39 is 0 Å². The molecule has 2 nitrogen and oxygen atoms in total. The van der Waals surface area contributed by atoms with Crippen LogP contribution in [-0.4, -0.2) is 0 Å². The zero-order valence-electron chi connectivity index (χ0n) is 29.7. The predicted molar refractivity (Wildman–Crippen MR) is 220 cm³/mol. The van der Waals surface area contributed by atoms with Crippen LogP contribution >= 0.6 is 0 Å². The van der Waals surface area contributed by atoms with Gasteiger partial charge in [-0.25, -0.2) is 0 Å². The van der Waals surface area contributed by atoms with Crippen LogP contribution in [0.1, 0.15) is 25.8 Å². The molecule has 52 heavy (non-hydrogen) atoms. The fourth-order valence-corrected chi connectivity index (χ4v) is 8.38. The lowest BCUT2D eigenvalue weighted by molar-refractivity contribution is 0.580. The second-order valence-electron chi connectivity index (χ2n) is 14.3. The quantitative estimate of drug-likeness (QED) is 0.167. The highest BCUT2D eigenvalue weighted by Crippen LogP contribution is 2.52. The summed E-state index contributed by atoms with van der Waals surface area (Å²) in [6.07, 6.45) is 10.6. The average Bonchev–Trinajstić information content (AvgIpc) is 3.54. The van der Waals surface area contributed by atoms with Crippen LogP contribution in [0.2, 0.25) is 0 Å². The number of para-hydroxylation sites is 1. The summed E-state index contributed by atoms with van der Waals surface area (Å²) >= 11 is 0. The first kappa shape index (κ1) is 31.8. The van der Waals surface area contributed by atoms with Gasteiger partial charge in [-0.3, -0.25) is 0 Å². The third-order valence-electron chi connectivity index (χ3n) is 11.0. The third-order valence-corrected chi connectivity index (χ3v) is 11.0. The van der Waals surface area contributed by atoms with E-state index in [9.17, 15) is 0 Å². The van der Waals surface area contributed by atoms with Crippen molar-refractivity contribution in [3.05, 3.63) is 211 Å². The second-order valence-corrected chi connectivity index (χ2v) is 14.3. The maximum Gasteiger partial charge on any atom is 0.0462 e. The minimum Gasteiger partial charge on any atom is -0.317 e. The van der Waals surface area contributed by atoms with Crippen molar-refractivity contribution in [3.8, 4) is 22.3 Å². The largest absolute Gasteiger partial charge is 0.317 e. The van der Waals surface area contributed by atoms with Crippen molar-refractivity contribution in [1.82, 2.24) is 0 Å². The third kappa shape index (κ3) is 5.81. The molecule has 0 fully saturated rings. The number of nitrogens with zero attached hydrogens (tertiary/aromatic N) is 2. The molecule has 0 aromatic heterocycles. The Hall–Kier alpha value is -6.12. The highest BCUT2D eigenvalue weighted by molar-refractivity contribution is 5.82. The van der Waals surface area contributed by atoms with Crippen LogP contribution < -0.4 is 9.80 Å². The lowest BCUT2D eigenvalue weighted by atomic mass is 9.75. The number of allylic oxidation sites excluding steroid dienone is 7. The molecule has 6 aromatic carbocycles. The molecule has 0 bridgehead atoms.